The van der Waals surface area contributed by atoms with Gasteiger partial charge in [-0.3, -0.25) is 15.0 Å². The Hall–Kier alpha value is -4.31. The van der Waals surface area contributed by atoms with E-state index in [2.05, 4.69) is 46.6 Å². The molecule has 0 bridgehead atoms. The molecule has 2 heterocycles. The highest BCUT2D eigenvalue weighted by Gasteiger charge is 2.41. The maximum Gasteiger partial charge on any atom is 0.274 e. The molecule has 9 heteroatoms. The molecule has 4 aromatic carbocycles. The van der Waals surface area contributed by atoms with E-state index >= 15 is 0 Å². The predicted octanol–water partition coefficient (Wildman–Crippen LogP) is 6.52. The topological polar surface area (TPSA) is 95.8 Å². The molecule has 4 aromatic rings. The molecule has 3 unspecified atom stereocenters. The highest BCUT2D eigenvalue weighted by molar-refractivity contribution is 7.89. The van der Waals surface area contributed by atoms with Crippen molar-refractivity contribution in [2.45, 2.75) is 29.3 Å². The Balaban J connectivity index is 1.13. The third kappa shape index (κ3) is 5.11. The number of sulfonamides is 1. The van der Waals surface area contributed by atoms with Crippen molar-refractivity contribution in [3.05, 3.63) is 148 Å². The maximum atomic E-state index is 14.0. The molecule has 0 spiro atoms. The number of nitro benzene ring substituents is 1. The van der Waals surface area contributed by atoms with E-state index in [1.165, 1.54) is 11.1 Å². The van der Waals surface area contributed by atoms with Gasteiger partial charge in [0.15, 0.2) is 0 Å². The average molecular weight is 607 g/mol. The second kappa shape index (κ2) is 11.6. The molecule has 0 saturated carbocycles. The summed E-state index contributed by atoms with van der Waals surface area (Å²) in [5.74, 6) is 0.0265. The number of fused-ring (bicyclic) bond motifs is 3. The van der Waals surface area contributed by atoms with Gasteiger partial charge in [0.2, 0.25) is 10.0 Å². The van der Waals surface area contributed by atoms with E-state index in [9.17, 15) is 18.5 Å². The summed E-state index contributed by atoms with van der Waals surface area (Å²) in [6, 6.07) is 32.7. The van der Waals surface area contributed by atoms with Crippen molar-refractivity contribution in [3.8, 4) is 0 Å². The van der Waals surface area contributed by atoms with Gasteiger partial charge in [-0.2, -0.15) is 4.31 Å². The lowest BCUT2D eigenvalue weighted by atomic mass is 9.76. The first-order valence-corrected chi connectivity index (χ1v) is 16.5. The molecule has 3 aliphatic rings. The molecule has 1 fully saturated rings. The molecule has 1 saturated heterocycles. The summed E-state index contributed by atoms with van der Waals surface area (Å²) in [5, 5.41) is 15.3. The fraction of sp³-hybridized carbons (Fsp3) is 0.257. The molecule has 7 rings (SSSR count). The van der Waals surface area contributed by atoms with Crippen molar-refractivity contribution < 1.29 is 13.3 Å². The van der Waals surface area contributed by atoms with Gasteiger partial charge in [0.1, 0.15) is 0 Å². The zero-order valence-electron chi connectivity index (χ0n) is 24.2. The number of anilines is 1. The van der Waals surface area contributed by atoms with Crippen molar-refractivity contribution in [1.82, 2.24) is 9.21 Å². The fourth-order valence-corrected chi connectivity index (χ4v) is 8.65. The number of hydrogen-bond acceptors (Lipinski definition) is 6. The van der Waals surface area contributed by atoms with Crippen molar-refractivity contribution >= 4 is 21.4 Å². The van der Waals surface area contributed by atoms with E-state index in [-0.39, 0.29) is 39.4 Å². The highest BCUT2D eigenvalue weighted by Crippen LogP contribution is 2.51. The minimum absolute atomic E-state index is 0.0273. The molecule has 0 amide bonds. The highest BCUT2D eigenvalue weighted by atomic mass is 32.2. The van der Waals surface area contributed by atoms with Crippen LogP contribution in [0.15, 0.2) is 120 Å². The summed E-state index contributed by atoms with van der Waals surface area (Å²) in [6.45, 7) is 2.04. The van der Waals surface area contributed by atoms with Crippen LogP contribution in [-0.4, -0.2) is 48.7 Å². The zero-order valence-corrected chi connectivity index (χ0v) is 25.0. The van der Waals surface area contributed by atoms with Gasteiger partial charge in [0.05, 0.1) is 27.5 Å². The number of nitrogens with zero attached hydrogens (tertiary/aromatic N) is 3. The Morgan fingerprint density at radius 3 is 2.09 bits per heavy atom. The minimum atomic E-state index is -3.72. The van der Waals surface area contributed by atoms with Crippen LogP contribution in [0.1, 0.15) is 46.7 Å². The summed E-state index contributed by atoms with van der Waals surface area (Å²) >= 11 is 0. The number of piperazine rings is 1. The molecule has 1 N–H and O–H groups in total. The second-order valence-corrected chi connectivity index (χ2v) is 13.6. The van der Waals surface area contributed by atoms with Crippen molar-refractivity contribution in [2.24, 2.45) is 5.92 Å². The van der Waals surface area contributed by atoms with Crippen LogP contribution in [0.3, 0.4) is 0 Å². The average Bonchev–Trinajstić information content (AvgIpc) is 3.56. The van der Waals surface area contributed by atoms with E-state index in [0.717, 1.165) is 17.7 Å². The van der Waals surface area contributed by atoms with Gasteiger partial charge < -0.3 is 5.32 Å². The maximum absolute atomic E-state index is 14.0. The molecular formula is C35H34N4O4S. The lowest BCUT2D eigenvalue weighted by Crippen LogP contribution is -2.49. The molecule has 1 aliphatic carbocycles. The largest absolute Gasteiger partial charge is 0.377 e. The van der Waals surface area contributed by atoms with Gasteiger partial charge in [-0.25, -0.2) is 8.42 Å². The first-order valence-electron chi connectivity index (χ1n) is 15.1. The molecule has 224 valence electrons. The number of benzene rings is 4. The summed E-state index contributed by atoms with van der Waals surface area (Å²) in [7, 11) is -3.72. The van der Waals surface area contributed by atoms with E-state index in [4.69, 9.17) is 0 Å². The molecule has 2 aliphatic heterocycles. The number of para-hydroxylation sites is 1. The van der Waals surface area contributed by atoms with Gasteiger partial charge >= 0.3 is 0 Å². The molecule has 8 nitrogen and oxygen atoms in total. The SMILES string of the molecule is O=[N+]([O-])c1ccccc1C1Nc2ccc(S(=O)(=O)N3CCN(C(c4ccccc4)c4ccccc4)CC3)cc2C2C=CCC21. The second-order valence-electron chi connectivity index (χ2n) is 11.7. The molecule has 0 aromatic heterocycles. The normalized spacial score (nSPS) is 21.9. The third-order valence-electron chi connectivity index (χ3n) is 9.31. The van der Waals surface area contributed by atoms with Crippen LogP contribution in [0.25, 0.3) is 0 Å². The lowest BCUT2D eigenvalue weighted by molar-refractivity contribution is -0.385. The molecular weight excluding hydrogens is 572 g/mol. The fourth-order valence-electron chi connectivity index (χ4n) is 7.19. The first kappa shape index (κ1) is 28.5. The van der Waals surface area contributed by atoms with Crippen LogP contribution in [0, 0.1) is 16.0 Å². The van der Waals surface area contributed by atoms with E-state index in [1.807, 2.05) is 60.7 Å². The van der Waals surface area contributed by atoms with Gasteiger partial charge in [0.25, 0.3) is 5.69 Å². The number of nitro groups is 1. The number of hydrogen-bond donors (Lipinski definition) is 1. The Bertz CT molecular complexity index is 1770. The smallest absolute Gasteiger partial charge is 0.274 e. The monoisotopic (exact) mass is 606 g/mol. The summed E-state index contributed by atoms with van der Waals surface area (Å²) in [4.78, 5) is 14.1. The van der Waals surface area contributed by atoms with Crippen LogP contribution in [-0.2, 0) is 10.0 Å². The Morgan fingerprint density at radius 1 is 0.795 bits per heavy atom. The van der Waals surface area contributed by atoms with Crippen molar-refractivity contribution in [3.63, 3.8) is 0 Å². The standard InChI is InChI=1S/C35H34N4O4S/c40-39(41)33-17-8-7-14-30(33)34-29-16-9-15-28(29)31-24-27(18-19-32(31)36-34)44(42,43)38-22-20-37(21-23-38)35(25-10-3-1-4-11-25)26-12-5-2-6-13-26/h1-15,17-19,24,28-29,34-36H,16,20-23H2. The van der Waals surface area contributed by atoms with Crippen LogP contribution < -0.4 is 5.32 Å². The van der Waals surface area contributed by atoms with Crippen molar-refractivity contribution in [1.29, 1.82) is 0 Å². The quantitative estimate of drug-likeness (QED) is 0.146. The molecule has 0 radical (unpaired) electrons. The summed E-state index contributed by atoms with van der Waals surface area (Å²) in [5.41, 5.74) is 4.87. The van der Waals surface area contributed by atoms with E-state index in [1.54, 1.807) is 22.5 Å². The van der Waals surface area contributed by atoms with Gasteiger partial charge in [-0.15, -0.1) is 0 Å². The Morgan fingerprint density at radius 2 is 1.43 bits per heavy atom. The van der Waals surface area contributed by atoms with Crippen LogP contribution in [0.4, 0.5) is 11.4 Å². The lowest BCUT2D eigenvalue weighted by Gasteiger charge is -2.39. The Labute approximate surface area is 257 Å². The van der Waals surface area contributed by atoms with Gasteiger partial charge in [0, 0.05) is 43.9 Å². The summed E-state index contributed by atoms with van der Waals surface area (Å²) in [6.07, 6.45) is 4.98. The molecule has 44 heavy (non-hydrogen) atoms. The van der Waals surface area contributed by atoms with Gasteiger partial charge in [-0.1, -0.05) is 91.0 Å². The van der Waals surface area contributed by atoms with Gasteiger partial charge in [-0.05, 0) is 47.2 Å². The Kier molecular flexibility index (Phi) is 7.53. The van der Waals surface area contributed by atoms with E-state index in [0.29, 0.717) is 31.7 Å². The van der Waals surface area contributed by atoms with Crippen LogP contribution in [0.5, 0.6) is 0 Å². The van der Waals surface area contributed by atoms with Crippen LogP contribution in [0.2, 0.25) is 0 Å². The zero-order chi connectivity index (χ0) is 30.3. The van der Waals surface area contributed by atoms with Crippen molar-refractivity contribution in [2.75, 3.05) is 31.5 Å². The first-order chi connectivity index (χ1) is 21.4. The third-order valence-corrected chi connectivity index (χ3v) is 11.2. The minimum Gasteiger partial charge on any atom is -0.377 e. The number of allylic oxidation sites excluding steroid dienone is 2. The summed E-state index contributed by atoms with van der Waals surface area (Å²) < 4.78 is 29.6. The van der Waals surface area contributed by atoms with Crippen LogP contribution >= 0.6 is 0 Å². The number of rotatable bonds is 7. The molecule has 3 atom stereocenters. The van der Waals surface area contributed by atoms with E-state index < -0.39 is 10.0 Å². The predicted molar refractivity (Wildman–Crippen MR) is 171 cm³/mol. The number of nitrogens with one attached hydrogen (secondary N) is 1.